The molecule has 0 saturated carbocycles. The molecule has 5 aromatic rings. The Hall–Kier alpha value is -4.29. The number of aryl methyl sites for hydroxylation is 1. The molecule has 4 N–H and O–H groups in total. The quantitative estimate of drug-likeness (QED) is 0.294. The summed E-state index contributed by atoms with van der Waals surface area (Å²) in [5, 5.41) is 1.69. The zero-order valence-corrected chi connectivity index (χ0v) is 19.6. The topological polar surface area (TPSA) is 96.8 Å². The number of hydrogen-bond acceptors (Lipinski definition) is 4. The summed E-state index contributed by atoms with van der Waals surface area (Å²) in [5.74, 6) is 0.680. The number of benzene rings is 3. The van der Waals surface area contributed by atoms with Gasteiger partial charge in [0.05, 0.1) is 11.3 Å². The van der Waals surface area contributed by atoms with Gasteiger partial charge in [0, 0.05) is 27.4 Å². The second-order valence-corrected chi connectivity index (χ2v) is 9.06. The minimum atomic E-state index is -0.560. The van der Waals surface area contributed by atoms with E-state index < -0.39 is 5.69 Å². The summed E-state index contributed by atoms with van der Waals surface area (Å²) in [7, 11) is 0. The summed E-state index contributed by atoms with van der Waals surface area (Å²) in [5.41, 5.74) is 12.5. The molecule has 0 bridgehead atoms. The van der Waals surface area contributed by atoms with Crippen molar-refractivity contribution in [1.82, 2.24) is 15.0 Å². The van der Waals surface area contributed by atoms with Gasteiger partial charge >= 0.3 is 5.69 Å². The predicted molar refractivity (Wildman–Crippen MR) is 140 cm³/mol. The monoisotopic (exact) mass is 480 g/mol. The molecule has 3 aromatic carbocycles. The number of nitrogen functional groups attached to an aromatic ring is 1. The summed E-state index contributed by atoms with van der Waals surface area (Å²) >= 11 is 6.11. The van der Waals surface area contributed by atoms with Gasteiger partial charge in [-0.2, -0.15) is 4.98 Å². The van der Waals surface area contributed by atoms with Crippen molar-refractivity contribution < 1.29 is 4.74 Å². The normalized spacial score (nSPS) is 14.9. The summed E-state index contributed by atoms with van der Waals surface area (Å²) in [4.78, 5) is 22.6. The average molecular weight is 481 g/mol. The third kappa shape index (κ3) is 3.68. The second kappa shape index (κ2) is 8.18. The Labute approximate surface area is 206 Å². The lowest BCUT2D eigenvalue weighted by Crippen LogP contribution is -2.21. The van der Waals surface area contributed by atoms with Crippen molar-refractivity contribution in [3.05, 3.63) is 117 Å². The van der Waals surface area contributed by atoms with Crippen molar-refractivity contribution in [2.75, 3.05) is 5.73 Å². The van der Waals surface area contributed by atoms with Crippen LogP contribution in [0.15, 0.2) is 83.7 Å². The number of fused-ring (bicyclic) bond motifs is 2. The number of ether oxygens (including phenoxy) is 1. The Morgan fingerprint density at radius 1 is 0.943 bits per heavy atom. The Morgan fingerprint density at radius 3 is 2.49 bits per heavy atom. The van der Waals surface area contributed by atoms with Gasteiger partial charge in [0.15, 0.2) is 0 Å². The number of hydrogen-bond donors (Lipinski definition) is 3. The molecule has 3 heterocycles. The first kappa shape index (κ1) is 21.3. The summed E-state index contributed by atoms with van der Waals surface area (Å²) < 4.78 is 6.13. The molecule has 6 nitrogen and oxygen atoms in total. The van der Waals surface area contributed by atoms with Crippen LogP contribution in [0.1, 0.15) is 28.2 Å². The number of allylic oxidation sites excluding steroid dienone is 1. The molecule has 172 valence electrons. The van der Waals surface area contributed by atoms with E-state index in [4.69, 9.17) is 22.1 Å². The standard InChI is InChI=1S/C28H21ClN4O2/c1-15-7-12-21-19(13-15)23(25(31-21)17-5-3-2-4-6-17)20-14-22(16-8-10-18(29)11-9-16)35-27-24(20)26(30)32-28(34)33-27/h2-14,20,31H,1H3,(H3,30,32,33,34). The zero-order valence-electron chi connectivity index (χ0n) is 18.8. The lowest BCUT2D eigenvalue weighted by molar-refractivity contribution is 0.468. The maximum absolute atomic E-state index is 12.2. The van der Waals surface area contributed by atoms with Crippen LogP contribution in [0.5, 0.6) is 5.88 Å². The van der Waals surface area contributed by atoms with Crippen molar-refractivity contribution >= 4 is 34.1 Å². The predicted octanol–water partition coefficient (Wildman–Crippen LogP) is 6.03. The van der Waals surface area contributed by atoms with Crippen LogP contribution >= 0.6 is 11.6 Å². The first-order chi connectivity index (χ1) is 17.0. The fourth-order valence-electron chi connectivity index (χ4n) is 4.71. The maximum atomic E-state index is 12.2. The molecule has 35 heavy (non-hydrogen) atoms. The first-order valence-corrected chi connectivity index (χ1v) is 11.6. The third-order valence-corrected chi connectivity index (χ3v) is 6.55. The van der Waals surface area contributed by atoms with Gasteiger partial charge in [-0.25, -0.2) is 4.79 Å². The number of rotatable bonds is 3. The van der Waals surface area contributed by atoms with Crippen LogP contribution in [0.25, 0.3) is 27.9 Å². The third-order valence-electron chi connectivity index (χ3n) is 6.30. The van der Waals surface area contributed by atoms with E-state index in [1.807, 2.05) is 36.4 Å². The molecule has 1 aliphatic rings. The molecule has 1 aliphatic heterocycles. The smallest absolute Gasteiger partial charge is 0.349 e. The number of nitrogens with two attached hydrogens (primary N) is 1. The molecule has 1 atom stereocenters. The first-order valence-electron chi connectivity index (χ1n) is 11.2. The number of H-pyrrole nitrogens is 2. The largest absolute Gasteiger partial charge is 0.438 e. The Kier molecular flexibility index (Phi) is 4.97. The molecule has 7 heteroatoms. The molecule has 0 aliphatic carbocycles. The van der Waals surface area contributed by atoms with E-state index in [1.54, 1.807) is 12.1 Å². The van der Waals surface area contributed by atoms with E-state index in [1.165, 1.54) is 0 Å². The lowest BCUT2D eigenvalue weighted by atomic mass is 9.85. The molecule has 0 radical (unpaired) electrons. The maximum Gasteiger partial charge on any atom is 0.349 e. The Bertz CT molecular complexity index is 1670. The van der Waals surface area contributed by atoms with E-state index in [0.717, 1.165) is 38.9 Å². The van der Waals surface area contributed by atoms with E-state index in [-0.39, 0.29) is 17.6 Å². The Balaban J connectivity index is 1.68. The van der Waals surface area contributed by atoms with Gasteiger partial charge in [0.25, 0.3) is 0 Å². The van der Waals surface area contributed by atoms with Gasteiger partial charge in [-0.15, -0.1) is 0 Å². The number of nitrogens with one attached hydrogen (secondary N) is 2. The SMILES string of the molecule is Cc1ccc2[nH]c(-c3ccccc3)c(C3C=C(c4ccc(Cl)cc4)Oc4nc(=O)[nH]c(N)c43)c2c1. The van der Waals surface area contributed by atoms with E-state index >= 15 is 0 Å². The van der Waals surface area contributed by atoms with Crippen molar-refractivity contribution in [1.29, 1.82) is 0 Å². The van der Waals surface area contributed by atoms with Crippen molar-refractivity contribution in [2.24, 2.45) is 0 Å². The highest BCUT2D eigenvalue weighted by atomic mass is 35.5. The van der Waals surface area contributed by atoms with Gasteiger partial charge < -0.3 is 15.5 Å². The summed E-state index contributed by atoms with van der Waals surface area (Å²) in [6, 6.07) is 23.8. The minimum absolute atomic E-state index is 0.199. The number of aromatic nitrogens is 3. The fraction of sp³-hybridized carbons (Fsp3) is 0.0714. The van der Waals surface area contributed by atoms with Gasteiger partial charge in [-0.3, -0.25) is 4.98 Å². The molecule has 0 saturated heterocycles. The average Bonchev–Trinajstić information content (AvgIpc) is 3.22. The molecular formula is C28H21ClN4O2. The molecular weight excluding hydrogens is 460 g/mol. The van der Waals surface area contributed by atoms with Gasteiger partial charge in [0.1, 0.15) is 11.6 Å². The molecule has 6 rings (SSSR count). The highest BCUT2D eigenvalue weighted by molar-refractivity contribution is 6.30. The lowest BCUT2D eigenvalue weighted by Gasteiger charge is -2.26. The molecule has 1 unspecified atom stereocenters. The number of aromatic amines is 2. The van der Waals surface area contributed by atoms with Crippen LogP contribution in [0.2, 0.25) is 5.02 Å². The van der Waals surface area contributed by atoms with Crippen LogP contribution in [0.4, 0.5) is 5.82 Å². The summed E-state index contributed by atoms with van der Waals surface area (Å²) in [6.45, 7) is 2.07. The second-order valence-electron chi connectivity index (χ2n) is 8.62. The molecule has 0 fully saturated rings. The molecule has 0 amide bonds. The van der Waals surface area contributed by atoms with E-state index in [2.05, 4.69) is 52.2 Å². The number of nitrogens with zero attached hydrogens (tertiary/aromatic N) is 1. The van der Waals surface area contributed by atoms with Crippen molar-refractivity contribution in [3.8, 4) is 17.1 Å². The van der Waals surface area contributed by atoms with Crippen molar-refractivity contribution in [2.45, 2.75) is 12.8 Å². The van der Waals surface area contributed by atoms with E-state index in [9.17, 15) is 4.79 Å². The fourth-order valence-corrected chi connectivity index (χ4v) is 4.83. The highest BCUT2D eigenvalue weighted by Crippen LogP contribution is 2.47. The highest BCUT2D eigenvalue weighted by Gasteiger charge is 2.32. The van der Waals surface area contributed by atoms with Gasteiger partial charge in [-0.1, -0.05) is 53.6 Å². The number of halogens is 1. The van der Waals surface area contributed by atoms with Crippen LogP contribution < -0.4 is 16.2 Å². The van der Waals surface area contributed by atoms with Crippen LogP contribution in [0, 0.1) is 6.92 Å². The van der Waals surface area contributed by atoms with Gasteiger partial charge in [-0.05, 0) is 60.5 Å². The zero-order chi connectivity index (χ0) is 24.1. The van der Waals surface area contributed by atoms with E-state index in [0.29, 0.717) is 16.3 Å². The molecule has 0 spiro atoms. The van der Waals surface area contributed by atoms with Gasteiger partial charge in [0.2, 0.25) is 5.88 Å². The Morgan fingerprint density at radius 2 is 1.71 bits per heavy atom. The summed E-state index contributed by atoms with van der Waals surface area (Å²) in [6.07, 6.45) is 2.03. The minimum Gasteiger partial charge on any atom is -0.438 e. The number of anilines is 1. The molecule has 2 aromatic heterocycles. The van der Waals surface area contributed by atoms with Crippen LogP contribution in [-0.2, 0) is 0 Å². The van der Waals surface area contributed by atoms with Crippen molar-refractivity contribution in [3.63, 3.8) is 0 Å². The van der Waals surface area contributed by atoms with Crippen LogP contribution in [-0.4, -0.2) is 15.0 Å². The van der Waals surface area contributed by atoms with Crippen LogP contribution in [0.3, 0.4) is 0 Å².